The van der Waals surface area contributed by atoms with Gasteiger partial charge in [0.05, 0.1) is 6.54 Å². The number of aryl methyl sites for hydroxylation is 2. The Hall–Kier alpha value is -1.61. The molecule has 0 spiro atoms. The predicted molar refractivity (Wildman–Crippen MR) is 86.1 cm³/mol. The molecule has 3 nitrogen and oxygen atoms in total. The van der Waals surface area contributed by atoms with Crippen molar-refractivity contribution in [3.63, 3.8) is 0 Å². The van der Waals surface area contributed by atoms with Crippen molar-refractivity contribution in [2.45, 2.75) is 39.2 Å². The highest BCUT2D eigenvalue weighted by atomic mass is 15.2. The molecule has 0 saturated carbocycles. The average molecular weight is 283 g/mol. The number of nitrogens with zero attached hydrogens (tertiary/aromatic N) is 2. The maximum Gasteiger partial charge on any atom is 0.120 e. The van der Waals surface area contributed by atoms with Gasteiger partial charge in [-0.15, -0.1) is 0 Å². The van der Waals surface area contributed by atoms with Crippen molar-refractivity contribution in [2.75, 3.05) is 13.1 Å². The third-order valence-corrected chi connectivity index (χ3v) is 4.61. The molecule has 0 amide bonds. The molecule has 3 heteroatoms. The number of imidazole rings is 1. The first-order chi connectivity index (χ1) is 10.3. The number of likely N-dealkylation sites (tertiary alicyclic amines) is 1. The smallest absolute Gasteiger partial charge is 0.120 e. The largest absolute Gasteiger partial charge is 0.348 e. The Morgan fingerprint density at radius 3 is 3.05 bits per heavy atom. The molecule has 1 aliphatic heterocycles. The summed E-state index contributed by atoms with van der Waals surface area (Å²) in [7, 11) is 0. The second-order valence-corrected chi connectivity index (χ2v) is 6.24. The molecule has 1 N–H and O–H groups in total. The Balaban J connectivity index is 1.51. The van der Waals surface area contributed by atoms with Crippen LogP contribution in [0.25, 0.3) is 0 Å². The van der Waals surface area contributed by atoms with E-state index in [-0.39, 0.29) is 0 Å². The van der Waals surface area contributed by atoms with Crippen LogP contribution in [0.2, 0.25) is 0 Å². The summed E-state index contributed by atoms with van der Waals surface area (Å²) in [6, 6.07) is 8.79. The molecule has 1 aliphatic rings. The first kappa shape index (κ1) is 14.3. The molecule has 0 aliphatic carbocycles. The van der Waals surface area contributed by atoms with Crippen molar-refractivity contribution in [1.29, 1.82) is 0 Å². The van der Waals surface area contributed by atoms with Crippen LogP contribution >= 0.6 is 0 Å². The van der Waals surface area contributed by atoms with E-state index in [0.717, 1.165) is 18.3 Å². The number of hydrogen-bond acceptors (Lipinski definition) is 2. The highest BCUT2D eigenvalue weighted by molar-refractivity contribution is 5.25. The molecule has 1 unspecified atom stereocenters. The summed E-state index contributed by atoms with van der Waals surface area (Å²) >= 11 is 0. The van der Waals surface area contributed by atoms with Gasteiger partial charge in [-0.2, -0.15) is 0 Å². The van der Waals surface area contributed by atoms with Crippen LogP contribution < -0.4 is 0 Å². The molecule has 0 bridgehead atoms. The van der Waals surface area contributed by atoms with Crippen molar-refractivity contribution >= 4 is 0 Å². The molecule has 2 heterocycles. The van der Waals surface area contributed by atoms with Gasteiger partial charge in [0.2, 0.25) is 0 Å². The zero-order valence-corrected chi connectivity index (χ0v) is 12.9. The van der Waals surface area contributed by atoms with E-state index >= 15 is 0 Å². The number of hydrogen-bond donors (Lipinski definition) is 1. The summed E-state index contributed by atoms with van der Waals surface area (Å²) in [6.45, 7) is 5.61. The van der Waals surface area contributed by atoms with Crippen LogP contribution in [0.4, 0.5) is 0 Å². The second kappa shape index (κ2) is 6.90. The van der Waals surface area contributed by atoms with Crippen molar-refractivity contribution in [3.05, 3.63) is 53.6 Å². The molecular formula is C18H25N3. The van der Waals surface area contributed by atoms with Gasteiger partial charge in [0.1, 0.15) is 5.82 Å². The molecule has 2 aromatic rings. The fraction of sp³-hybridized carbons (Fsp3) is 0.500. The van der Waals surface area contributed by atoms with Gasteiger partial charge >= 0.3 is 0 Å². The Bertz CT molecular complexity index is 547. The number of H-pyrrole nitrogens is 1. The van der Waals surface area contributed by atoms with E-state index in [9.17, 15) is 0 Å². The van der Waals surface area contributed by atoms with Crippen molar-refractivity contribution in [1.82, 2.24) is 14.9 Å². The number of rotatable bonds is 5. The van der Waals surface area contributed by atoms with E-state index in [1.807, 2.05) is 12.4 Å². The molecule has 1 atom stereocenters. The van der Waals surface area contributed by atoms with Gasteiger partial charge in [0.15, 0.2) is 0 Å². The minimum Gasteiger partial charge on any atom is -0.348 e. The Labute approximate surface area is 127 Å². The molecule has 21 heavy (non-hydrogen) atoms. The Kier molecular flexibility index (Phi) is 4.71. The Morgan fingerprint density at radius 1 is 1.33 bits per heavy atom. The minimum atomic E-state index is 0.827. The number of piperidine rings is 1. The fourth-order valence-corrected chi connectivity index (χ4v) is 3.38. The van der Waals surface area contributed by atoms with Crippen molar-refractivity contribution in [2.24, 2.45) is 5.92 Å². The summed E-state index contributed by atoms with van der Waals surface area (Å²) in [5, 5.41) is 0. The van der Waals surface area contributed by atoms with Crippen LogP contribution in [0.3, 0.4) is 0 Å². The lowest BCUT2D eigenvalue weighted by molar-refractivity contribution is 0.159. The number of nitrogens with one attached hydrogen (secondary N) is 1. The molecule has 1 saturated heterocycles. The van der Waals surface area contributed by atoms with Gasteiger partial charge in [-0.05, 0) is 56.2 Å². The summed E-state index contributed by atoms with van der Waals surface area (Å²) < 4.78 is 0. The summed E-state index contributed by atoms with van der Waals surface area (Å²) in [5.74, 6) is 1.92. The van der Waals surface area contributed by atoms with Gasteiger partial charge in [0.25, 0.3) is 0 Å². The third kappa shape index (κ3) is 3.94. The summed E-state index contributed by atoms with van der Waals surface area (Å²) in [5.41, 5.74) is 2.95. The summed E-state index contributed by atoms with van der Waals surface area (Å²) in [4.78, 5) is 10.1. The second-order valence-electron chi connectivity index (χ2n) is 6.24. The zero-order valence-electron chi connectivity index (χ0n) is 12.9. The van der Waals surface area contributed by atoms with E-state index in [1.165, 1.54) is 49.9 Å². The first-order valence-electron chi connectivity index (χ1n) is 8.06. The van der Waals surface area contributed by atoms with Crippen molar-refractivity contribution < 1.29 is 0 Å². The lowest BCUT2D eigenvalue weighted by atomic mass is 9.90. The van der Waals surface area contributed by atoms with E-state index in [1.54, 1.807) is 0 Å². The van der Waals surface area contributed by atoms with Crippen molar-refractivity contribution in [3.8, 4) is 0 Å². The quantitative estimate of drug-likeness (QED) is 0.910. The SMILES string of the molecule is Cc1ccccc1CCC1CCCN(Cc2ncc[nH]2)C1. The highest BCUT2D eigenvalue weighted by Gasteiger charge is 2.20. The molecule has 1 aromatic heterocycles. The summed E-state index contributed by atoms with van der Waals surface area (Å²) in [6.07, 6.45) is 8.97. The minimum absolute atomic E-state index is 0.827. The lowest BCUT2D eigenvalue weighted by Crippen LogP contribution is -2.35. The van der Waals surface area contributed by atoms with Gasteiger partial charge in [-0.25, -0.2) is 4.98 Å². The molecule has 0 radical (unpaired) electrons. The van der Waals surface area contributed by atoms with E-state index < -0.39 is 0 Å². The number of aromatic amines is 1. The normalized spacial score (nSPS) is 19.8. The van der Waals surface area contributed by atoms with E-state index in [4.69, 9.17) is 0 Å². The van der Waals surface area contributed by atoms with E-state index in [0.29, 0.717) is 0 Å². The monoisotopic (exact) mass is 283 g/mol. The van der Waals surface area contributed by atoms with Gasteiger partial charge in [0, 0.05) is 18.9 Å². The molecule has 1 aromatic carbocycles. The molecule has 112 valence electrons. The van der Waals surface area contributed by atoms with Gasteiger partial charge in [-0.3, -0.25) is 4.90 Å². The average Bonchev–Trinajstić information content (AvgIpc) is 3.00. The predicted octanol–water partition coefficient (Wildman–Crippen LogP) is 3.56. The number of aromatic nitrogens is 2. The maximum absolute atomic E-state index is 4.34. The van der Waals surface area contributed by atoms with Crippen LogP contribution in [-0.4, -0.2) is 28.0 Å². The number of benzene rings is 1. The van der Waals surface area contributed by atoms with Crippen LogP contribution in [0, 0.1) is 12.8 Å². The van der Waals surface area contributed by atoms with Crippen LogP contribution in [0.1, 0.15) is 36.2 Å². The van der Waals surface area contributed by atoms with Gasteiger partial charge in [-0.1, -0.05) is 24.3 Å². The standard InChI is InChI=1S/C18H25N3/c1-15-5-2-3-7-17(15)9-8-16-6-4-12-21(13-16)14-18-19-10-11-20-18/h2-3,5,7,10-11,16H,4,6,8-9,12-14H2,1H3,(H,19,20). The fourth-order valence-electron chi connectivity index (χ4n) is 3.38. The Morgan fingerprint density at radius 2 is 2.24 bits per heavy atom. The third-order valence-electron chi connectivity index (χ3n) is 4.61. The van der Waals surface area contributed by atoms with Gasteiger partial charge < -0.3 is 4.98 Å². The molecule has 3 rings (SSSR count). The van der Waals surface area contributed by atoms with E-state index in [2.05, 4.69) is 46.1 Å². The zero-order chi connectivity index (χ0) is 14.5. The maximum atomic E-state index is 4.34. The van der Waals surface area contributed by atoms with Crippen LogP contribution in [-0.2, 0) is 13.0 Å². The highest BCUT2D eigenvalue weighted by Crippen LogP contribution is 2.23. The topological polar surface area (TPSA) is 31.9 Å². The van der Waals surface area contributed by atoms with Crippen LogP contribution in [0.5, 0.6) is 0 Å². The molecule has 1 fully saturated rings. The first-order valence-corrected chi connectivity index (χ1v) is 8.06. The van der Waals surface area contributed by atoms with Crippen LogP contribution in [0.15, 0.2) is 36.7 Å². The lowest BCUT2D eigenvalue weighted by Gasteiger charge is -2.32. The molecular weight excluding hydrogens is 258 g/mol.